The lowest BCUT2D eigenvalue weighted by Crippen LogP contribution is -2.33. The van der Waals surface area contributed by atoms with Crippen molar-refractivity contribution in [3.63, 3.8) is 0 Å². The molecule has 1 aromatic heterocycles. The van der Waals surface area contributed by atoms with Gasteiger partial charge in [0.25, 0.3) is 11.5 Å². The summed E-state index contributed by atoms with van der Waals surface area (Å²) >= 11 is 0. The van der Waals surface area contributed by atoms with Crippen LogP contribution in [0.4, 0.5) is 23.2 Å². The van der Waals surface area contributed by atoms with Gasteiger partial charge in [-0.05, 0) is 48.7 Å². The lowest BCUT2D eigenvalue weighted by atomic mass is 10.0. The van der Waals surface area contributed by atoms with Crippen molar-refractivity contribution in [2.45, 2.75) is 37.5 Å². The van der Waals surface area contributed by atoms with Gasteiger partial charge in [-0.15, -0.1) is 9.24 Å². The van der Waals surface area contributed by atoms with E-state index in [-0.39, 0.29) is 10.9 Å². The average Bonchev–Trinajstić information content (AvgIpc) is 3.52. The fourth-order valence-corrected chi connectivity index (χ4v) is 7.16. The highest BCUT2D eigenvalue weighted by atomic mass is 31.0. The van der Waals surface area contributed by atoms with Crippen LogP contribution in [0.2, 0.25) is 0 Å². The van der Waals surface area contributed by atoms with E-state index >= 15 is 0 Å². The normalized spacial score (nSPS) is 31.0. The van der Waals surface area contributed by atoms with Gasteiger partial charge in [0, 0.05) is 37.8 Å². The van der Waals surface area contributed by atoms with E-state index < -0.39 is 46.6 Å². The smallest absolute Gasteiger partial charge is 0.384 e. The topological polar surface area (TPSA) is 66.4 Å². The molecule has 2 heterocycles. The van der Waals surface area contributed by atoms with Crippen molar-refractivity contribution >= 4 is 35.4 Å². The molecule has 1 saturated heterocycles. The van der Waals surface area contributed by atoms with E-state index in [1.54, 1.807) is 13.8 Å². The molecule has 206 valence electrons. The zero-order valence-electron chi connectivity index (χ0n) is 21.3. The predicted molar refractivity (Wildman–Crippen MR) is 146 cm³/mol. The molecule has 5 rings (SSSR count). The number of carbonyl (C=O) groups is 1. The third kappa shape index (κ3) is 4.89. The number of likely N-dealkylation sites (tertiary alicyclic amines) is 1. The van der Waals surface area contributed by atoms with Crippen molar-refractivity contribution in [3.05, 3.63) is 57.5 Å². The van der Waals surface area contributed by atoms with Crippen molar-refractivity contribution in [1.82, 2.24) is 14.8 Å². The molecule has 2 aromatic rings. The number of fused-ring (bicyclic) bond motifs is 1. The van der Waals surface area contributed by atoms with E-state index in [4.69, 9.17) is 0 Å². The Labute approximate surface area is 223 Å². The third-order valence-corrected chi connectivity index (χ3v) is 9.99. The van der Waals surface area contributed by atoms with Gasteiger partial charge in [-0.25, -0.2) is 4.39 Å². The number of carbonyl (C=O) groups excluding carboxylic acids is 1. The zero-order chi connectivity index (χ0) is 27.7. The Morgan fingerprint density at radius 2 is 1.89 bits per heavy atom. The number of amides is 1. The van der Waals surface area contributed by atoms with Crippen LogP contribution in [0.15, 0.2) is 35.3 Å². The van der Waals surface area contributed by atoms with E-state index in [0.717, 1.165) is 19.2 Å². The van der Waals surface area contributed by atoms with E-state index in [0.29, 0.717) is 35.5 Å². The van der Waals surface area contributed by atoms with Crippen molar-refractivity contribution in [2.75, 3.05) is 32.0 Å². The predicted octanol–water partition coefficient (Wildman–Crippen LogP) is 3.81. The van der Waals surface area contributed by atoms with Crippen LogP contribution < -0.4 is 21.5 Å². The molecule has 6 nitrogen and oxygen atoms in total. The Kier molecular flexibility index (Phi) is 6.93. The molecule has 1 aliphatic heterocycles. The first-order valence-corrected chi connectivity index (χ1v) is 13.8. The van der Waals surface area contributed by atoms with Gasteiger partial charge in [0.05, 0.1) is 28.9 Å². The highest BCUT2D eigenvalue weighted by molar-refractivity contribution is 7.27. The van der Waals surface area contributed by atoms with Gasteiger partial charge in [0.15, 0.2) is 0 Å². The van der Waals surface area contributed by atoms with Gasteiger partial charge in [-0.3, -0.25) is 9.59 Å². The van der Waals surface area contributed by atoms with Crippen LogP contribution in [0.3, 0.4) is 0 Å². The first kappa shape index (κ1) is 27.5. The molecule has 3 fully saturated rings. The number of nitrogens with one attached hydrogen (secondary N) is 2. The SMILES string of the molecule is C[C@@H](NC(=O)c1cn([C@H]2[C@H](C)C2(F)P)c(=O)cc1NCC1C2CN(C)CC12)c1cccc(C(F)(F)F)c1P. The number of halogens is 4. The molecule has 38 heavy (non-hydrogen) atoms. The summed E-state index contributed by atoms with van der Waals surface area (Å²) in [6.45, 7) is 5.93. The summed E-state index contributed by atoms with van der Waals surface area (Å²) in [5.74, 6) is 0.632. The maximum absolute atomic E-state index is 14.8. The molecule has 0 bridgehead atoms. The fourth-order valence-electron chi connectivity index (χ4n) is 6.02. The highest BCUT2D eigenvalue weighted by Gasteiger charge is 2.62. The first-order valence-electron chi connectivity index (χ1n) is 12.6. The number of aromatic nitrogens is 1. The fraction of sp³-hybridized carbons (Fsp3) is 0.538. The summed E-state index contributed by atoms with van der Waals surface area (Å²) in [5.41, 5.74) is -0.418. The molecule has 0 radical (unpaired) electrons. The molecule has 1 aromatic carbocycles. The maximum Gasteiger partial charge on any atom is 0.417 e. The summed E-state index contributed by atoms with van der Waals surface area (Å²) in [5, 5.41) is 4.35. The minimum Gasteiger partial charge on any atom is -0.384 e. The van der Waals surface area contributed by atoms with Crippen LogP contribution >= 0.6 is 18.5 Å². The lowest BCUT2D eigenvalue weighted by molar-refractivity contribution is -0.136. The summed E-state index contributed by atoms with van der Waals surface area (Å²) < 4.78 is 56.3. The number of alkyl halides is 4. The molecule has 2 saturated carbocycles. The Hall–Kier alpha value is -2.02. The van der Waals surface area contributed by atoms with Gasteiger partial charge in [0.1, 0.15) is 5.41 Å². The minimum absolute atomic E-state index is 0.0432. The monoisotopic (exact) mass is 570 g/mol. The second-order valence-electron chi connectivity index (χ2n) is 11.0. The van der Waals surface area contributed by atoms with E-state index in [1.165, 1.54) is 29.0 Å². The summed E-state index contributed by atoms with van der Waals surface area (Å²) in [6.07, 6.45) is -3.16. The van der Waals surface area contributed by atoms with Gasteiger partial charge in [-0.2, -0.15) is 13.2 Å². The number of hydrogen-bond donors (Lipinski definition) is 2. The maximum atomic E-state index is 14.8. The Bertz CT molecular complexity index is 1320. The largest absolute Gasteiger partial charge is 0.417 e. The highest BCUT2D eigenvalue weighted by Crippen LogP contribution is 2.61. The molecule has 2 N–H and O–H groups in total. The number of pyridine rings is 1. The van der Waals surface area contributed by atoms with Gasteiger partial charge >= 0.3 is 6.18 Å². The molecule has 5 unspecified atom stereocenters. The Morgan fingerprint density at radius 1 is 1.26 bits per heavy atom. The van der Waals surface area contributed by atoms with Crippen LogP contribution in [0.5, 0.6) is 0 Å². The lowest BCUT2D eigenvalue weighted by Gasteiger charge is -2.21. The molecule has 8 atom stereocenters. The quantitative estimate of drug-likeness (QED) is 0.393. The first-order chi connectivity index (χ1) is 17.7. The standard InChI is InChI=1S/C26H32F4N4O2P2/c1-12-23(25(12,27)38)34-11-18(20(7-21(34)35)31-8-15-16-9-33(3)10-17(15)16)24(36)32-13(2)14-5-4-6-19(22(14)37)26(28,29)30/h4-7,11-13,15-17,23,31H,8-10,37-38H2,1-3H3,(H,32,36)/t12-,13+,15?,16?,17?,23-,25?/m0/s1. The molecular formula is C26H32F4N4O2P2. The van der Waals surface area contributed by atoms with Crippen LogP contribution in [-0.4, -0.2) is 47.5 Å². The third-order valence-electron chi connectivity index (χ3n) is 8.48. The van der Waals surface area contributed by atoms with Crippen molar-refractivity contribution in [3.8, 4) is 0 Å². The van der Waals surface area contributed by atoms with Crippen molar-refractivity contribution in [2.24, 2.45) is 23.7 Å². The van der Waals surface area contributed by atoms with Gasteiger partial charge in [-0.1, -0.05) is 28.3 Å². The van der Waals surface area contributed by atoms with Crippen LogP contribution in [0, 0.1) is 23.7 Å². The van der Waals surface area contributed by atoms with Gasteiger partial charge < -0.3 is 20.1 Å². The molecule has 12 heteroatoms. The number of hydrogen-bond acceptors (Lipinski definition) is 4. The van der Waals surface area contributed by atoms with Crippen LogP contribution in [0.25, 0.3) is 0 Å². The summed E-state index contributed by atoms with van der Waals surface area (Å²) in [4.78, 5) is 28.7. The molecule has 0 spiro atoms. The van der Waals surface area contributed by atoms with Gasteiger partial charge in [0.2, 0.25) is 0 Å². The van der Waals surface area contributed by atoms with Crippen molar-refractivity contribution in [1.29, 1.82) is 0 Å². The molecule has 3 aliphatic rings. The van der Waals surface area contributed by atoms with Crippen LogP contribution in [0.1, 0.15) is 47.4 Å². The number of piperidine rings is 1. The molecule has 1 amide bonds. The average molecular weight is 571 g/mol. The van der Waals surface area contributed by atoms with E-state index in [9.17, 15) is 27.2 Å². The molecule has 2 aliphatic carbocycles. The van der Waals surface area contributed by atoms with Crippen LogP contribution in [-0.2, 0) is 6.18 Å². The second-order valence-corrected chi connectivity index (χ2v) is 12.5. The Balaban J connectivity index is 1.41. The Morgan fingerprint density at radius 3 is 2.47 bits per heavy atom. The number of benzene rings is 1. The molecular weight excluding hydrogens is 538 g/mol. The number of anilines is 1. The summed E-state index contributed by atoms with van der Waals surface area (Å²) in [6, 6.07) is 3.67. The summed E-state index contributed by atoms with van der Waals surface area (Å²) in [7, 11) is 6.34. The number of rotatable bonds is 7. The minimum atomic E-state index is -4.53. The van der Waals surface area contributed by atoms with E-state index in [2.05, 4.69) is 41.1 Å². The van der Waals surface area contributed by atoms with Crippen molar-refractivity contribution < 1.29 is 22.4 Å². The zero-order valence-corrected chi connectivity index (χ0v) is 23.7. The number of nitrogens with zero attached hydrogens (tertiary/aromatic N) is 2. The van der Waals surface area contributed by atoms with E-state index in [1.807, 2.05) is 0 Å². The second kappa shape index (κ2) is 9.57.